The number of fused-ring (bicyclic) bond motifs is 2. The van der Waals surface area contributed by atoms with Crippen molar-refractivity contribution < 1.29 is 9.53 Å². The summed E-state index contributed by atoms with van der Waals surface area (Å²) in [6.45, 7) is 1.11. The molecule has 1 atom stereocenters. The molecule has 0 N–H and O–H groups in total. The number of hydrogen-bond donors (Lipinski definition) is 0. The molecule has 140 valence electrons. The van der Waals surface area contributed by atoms with Crippen LogP contribution < -0.4 is 4.90 Å². The molecule has 0 saturated carbocycles. The summed E-state index contributed by atoms with van der Waals surface area (Å²) < 4.78 is 6.86. The number of aromatic nitrogens is 1. The van der Waals surface area contributed by atoms with Gasteiger partial charge in [-0.2, -0.15) is 0 Å². The van der Waals surface area contributed by atoms with E-state index in [-0.39, 0.29) is 12.5 Å². The van der Waals surface area contributed by atoms with E-state index in [1.807, 2.05) is 47.4 Å². The number of likely N-dealkylation sites (N-methyl/N-ethyl adjacent to an activating group) is 1. The van der Waals surface area contributed by atoms with Crippen molar-refractivity contribution in [2.24, 2.45) is 0 Å². The van der Waals surface area contributed by atoms with Crippen LogP contribution in [-0.2, 0) is 22.6 Å². The maximum absolute atomic E-state index is 12.9. The molecule has 5 nitrogen and oxygen atoms in total. The summed E-state index contributed by atoms with van der Waals surface area (Å²) in [4.78, 5) is 21.5. The van der Waals surface area contributed by atoms with Crippen molar-refractivity contribution in [1.82, 2.24) is 9.88 Å². The van der Waals surface area contributed by atoms with Crippen molar-refractivity contribution in [2.45, 2.75) is 19.1 Å². The Balaban J connectivity index is 1.42. The van der Waals surface area contributed by atoms with E-state index in [2.05, 4.69) is 30.0 Å². The molecular weight excluding hydrogens is 358 g/mol. The van der Waals surface area contributed by atoms with Gasteiger partial charge in [0, 0.05) is 18.3 Å². The first-order valence-electron chi connectivity index (χ1n) is 9.08. The number of ether oxygens (including phenoxy) is 1. The molecule has 4 rings (SSSR count). The minimum Gasteiger partial charge on any atom is -0.364 e. The van der Waals surface area contributed by atoms with Gasteiger partial charge in [-0.3, -0.25) is 4.79 Å². The third-order valence-corrected chi connectivity index (χ3v) is 5.96. The highest BCUT2D eigenvalue weighted by molar-refractivity contribution is 7.18. The van der Waals surface area contributed by atoms with Crippen molar-refractivity contribution in [1.29, 1.82) is 0 Å². The molecule has 0 saturated heterocycles. The number of hydrogen-bond acceptors (Lipinski definition) is 5. The number of carbonyl (C=O) groups excluding carboxylic acids is 1. The smallest absolute Gasteiger partial charge is 0.253 e. The van der Waals surface area contributed by atoms with E-state index >= 15 is 0 Å². The molecule has 0 bridgehead atoms. The van der Waals surface area contributed by atoms with Crippen molar-refractivity contribution in [3.05, 3.63) is 59.1 Å². The molecule has 2 heterocycles. The molecule has 0 aliphatic carbocycles. The second-order valence-corrected chi connectivity index (χ2v) is 8.14. The number of amides is 1. The summed E-state index contributed by atoms with van der Waals surface area (Å²) >= 11 is 1.61. The van der Waals surface area contributed by atoms with E-state index in [1.165, 1.54) is 5.56 Å². The minimum absolute atomic E-state index is 0.00453. The predicted octanol–water partition coefficient (Wildman–Crippen LogP) is 3.33. The van der Waals surface area contributed by atoms with Crippen LogP contribution in [0.2, 0.25) is 0 Å². The second-order valence-electron chi connectivity index (χ2n) is 7.02. The molecule has 27 heavy (non-hydrogen) atoms. The summed E-state index contributed by atoms with van der Waals surface area (Å²) in [6, 6.07) is 16.5. The lowest BCUT2D eigenvalue weighted by Gasteiger charge is -2.37. The average Bonchev–Trinajstić information content (AvgIpc) is 3.09. The fraction of sp³-hybridized carbons (Fsp3) is 0.333. The average molecular weight is 382 g/mol. The van der Waals surface area contributed by atoms with Crippen LogP contribution in [0.4, 0.5) is 5.69 Å². The fourth-order valence-electron chi connectivity index (χ4n) is 3.44. The van der Waals surface area contributed by atoms with Crippen molar-refractivity contribution >= 4 is 33.1 Å². The van der Waals surface area contributed by atoms with Crippen LogP contribution in [0.1, 0.15) is 10.6 Å². The van der Waals surface area contributed by atoms with Gasteiger partial charge >= 0.3 is 0 Å². The highest BCUT2D eigenvalue weighted by Gasteiger charge is 2.29. The standard InChI is InChI=1S/C21H23N3O2S/c1-23(2)16-11-15-7-3-5-9-18(15)24(12-16)21(25)14-26-13-20-22-17-8-4-6-10-19(17)27-20/h3-10,16H,11-14H2,1-2H3. The zero-order chi connectivity index (χ0) is 18.8. The maximum atomic E-state index is 12.9. The monoisotopic (exact) mass is 381 g/mol. The first-order chi connectivity index (χ1) is 13.1. The molecule has 0 spiro atoms. The van der Waals surface area contributed by atoms with Gasteiger partial charge in [-0.25, -0.2) is 4.98 Å². The van der Waals surface area contributed by atoms with Crippen LogP contribution >= 0.6 is 11.3 Å². The molecule has 0 fully saturated rings. The van der Waals surface area contributed by atoms with E-state index in [0.29, 0.717) is 19.2 Å². The van der Waals surface area contributed by atoms with Crippen LogP contribution in [0, 0.1) is 0 Å². The van der Waals surface area contributed by atoms with Gasteiger partial charge in [0.15, 0.2) is 0 Å². The summed E-state index contributed by atoms with van der Waals surface area (Å²) in [6.07, 6.45) is 0.958. The number of carbonyl (C=O) groups is 1. The Hall–Kier alpha value is -2.28. The SMILES string of the molecule is CN(C)C1Cc2ccccc2N(C(=O)COCc2nc3ccccc3s2)C1. The summed E-state index contributed by atoms with van der Waals surface area (Å²) in [7, 11) is 4.12. The first-order valence-corrected chi connectivity index (χ1v) is 9.90. The molecular formula is C21H23N3O2S. The molecule has 0 radical (unpaired) electrons. The molecule has 1 aliphatic rings. The predicted molar refractivity (Wildman–Crippen MR) is 109 cm³/mol. The Bertz CT molecular complexity index is 920. The lowest BCUT2D eigenvalue weighted by molar-refractivity contribution is -0.123. The molecule has 1 aromatic heterocycles. The number of para-hydroxylation sites is 2. The third kappa shape index (κ3) is 3.88. The Morgan fingerprint density at radius 1 is 1.22 bits per heavy atom. The summed E-state index contributed by atoms with van der Waals surface area (Å²) in [5.41, 5.74) is 3.19. The molecule has 3 aromatic rings. The van der Waals surface area contributed by atoms with E-state index < -0.39 is 0 Å². The highest BCUT2D eigenvalue weighted by Crippen LogP contribution is 2.28. The van der Waals surface area contributed by atoms with E-state index in [9.17, 15) is 4.79 Å². The zero-order valence-corrected chi connectivity index (χ0v) is 16.4. The van der Waals surface area contributed by atoms with Crippen LogP contribution in [0.25, 0.3) is 10.2 Å². The van der Waals surface area contributed by atoms with Crippen molar-refractivity contribution in [2.75, 3.05) is 32.1 Å². The van der Waals surface area contributed by atoms with E-state index in [1.54, 1.807) is 11.3 Å². The van der Waals surface area contributed by atoms with Gasteiger partial charge in [-0.05, 0) is 44.3 Å². The summed E-state index contributed by atoms with van der Waals surface area (Å²) in [5.74, 6) is -0.00453. The van der Waals surface area contributed by atoms with Gasteiger partial charge in [-0.15, -0.1) is 11.3 Å². The van der Waals surface area contributed by atoms with Crippen LogP contribution in [-0.4, -0.2) is 49.1 Å². The number of rotatable bonds is 5. The van der Waals surface area contributed by atoms with Crippen molar-refractivity contribution in [3.63, 3.8) is 0 Å². The van der Waals surface area contributed by atoms with Crippen LogP contribution in [0.15, 0.2) is 48.5 Å². The van der Waals surface area contributed by atoms with Gasteiger partial charge in [0.25, 0.3) is 5.91 Å². The largest absolute Gasteiger partial charge is 0.364 e. The quantitative estimate of drug-likeness (QED) is 0.680. The van der Waals surface area contributed by atoms with E-state index in [4.69, 9.17) is 4.74 Å². The molecule has 1 aliphatic heterocycles. The Morgan fingerprint density at radius 2 is 2.00 bits per heavy atom. The Labute approximate surface area is 163 Å². The van der Waals surface area contributed by atoms with Crippen LogP contribution in [0.5, 0.6) is 0 Å². The number of anilines is 1. The number of benzene rings is 2. The highest BCUT2D eigenvalue weighted by atomic mass is 32.1. The Morgan fingerprint density at radius 3 is 2.81 bits per heavy atom. The lowest BCUT2D eigenvalue weighted by atomic mass is 9.97. The molecule has 6 heteroatoms. The Kier molecular flexibility index (Phi) is 5.20. The lowest BCUT2D eigenvalue weighted by Crippen LogP contribution is -2.49. The second kappa shape index (κ2) is 7.76. The topological polar surface area (TPSA) is 45.7 Å². The normalized spacial score (nSPS) is 16.7. The molecule has 1 amide bonds. The zero-order valence-electron chi connectivity index (χ0n) is 15.6. The van der Waals surface area contributed by atoms with Gasteiger partial charge in [0.05, 0.1) is 16.8 Å². The fourth-order valence-corrected chi connectivity index (χ4v) is 4.35. The van der Waals surface area contributed by atoms with Crippen molar-refractivity contribution in [3.8, 4) is 0 Å². The van der Waals surface area contributed by atoms with E-state index in [0.717, 1.165) is 27.3 Å². The minimum atomic E-state index is -0.00453. The van der Waals surface area contributed by atoms with Crippen LogP contribution in [0.3, 0.4) is 0 Å². The van der Waals surface area contributed by atoms with Gasteiger partial charge in [-0.1, -0.05) is 30.3 Å². The van der Waals surface area contributed by atoms with Gasteiger partial charge < -0.3 is 14.5 Å². The number of nitrogens with zero attached hydrogens (tertiary/aromatic N) is 3. The van der Waals surface area contributed by atoms with Gasteiger partial charge in [0.1, 0.15) is 11.6 Å². The first kappa shape index (κ1) is 18.1. The maximum Gasteiger partial charge on any atom is 0.253 e. The summed E-state index contributed by atoms with van der Waals surface area (Å²) in [5, 5.41) is 0.897. The number of thiazole rings is 1. The van der Waals surface area contributed by atoms with Gasteiger partial charge in [0.2, 0.25) is 0 Å². The molecule has 1 unspecified atom stereocenters. The molecule has 2 aromatic carbocycles. The third-order valence-electron chi connectivity index (χ3n) is 4.95.